The van der Waals surface area contributed by atoms with E-state index in [-0.39, 0.29) is 11.9 Å². The molecule has 0 aromatic heterocycles. The Balaban J connectivity index is 1.61. The highest BCUT2D eigenvalue weighted by atomic mass is 35.5. The predicted molar refractivity (Wildman–Crippen MR) is 108 cm³/mol. The third kappa shape index (κ3) is 4.41. The van der Waals surface area contributed by atoms with Crippen molar-refractivity contribution in [2.24, 2.45) is 0 Å². The molecule has 1 atom stereocenters. The van der Waals surface area contributed by atoms with Gasteiger partial charge < -0.3 is 15.1 Å². The molecular formula is C21H24ClN4O+. The number of quaternary nitrogens is 1. The fourth-order valence-electron chi connectivity index (χ4n) is 3.51. The minimum atomic E-state index is -0.181. The highest BCUT2D eigenvalue weighted by Gasteiger charge is 2.30. The number of carbonyl (C=O) groups excluding carboxylic acids is 1. The summed E-state index contributed by atoms with van der Waals surface area (Å²) in [7, 11) is 0. The first-order chi connectivity index (χ1) is 13.0. The van der Waals surface area contributed by atoms with Gasteiger partial charge in [-0.3, -0.25) is 4.79 Å². The number of benzene rings is 2. The summed E-state index contributed by atoms with van der Waals surface area (Å²) >= 11 is 6.15. The van der Waals surface area contributed by atoms with Crippen LogP contribution in [0.4, 0.5) is 11.4 Å². The fraction of sp³-hybridized carbons (Fsp3) is 0.333. The fourth-order valence-corrected chi connectivity index (χ4v) is 3.67. The van der Waals surface area contributed by atoms with Gasteiger partial charge in [-0.05, 0) is 43.7 Å². The first-order valence-electron chi connectivity index (χ1n) is 9.15. The van der Waals surface area contributed by atoms with E-state index in [0.717, 1.165) is 31.2 Å². The Kier molecular flexibility index (Phi) is 6.00. The van der Waals surface area contributed by atoms with Gasteiger partial charge in [0, 0.05) is 10.7 Å². The van der Waals surface area contributed by atoms with E-state index in [2.05, 4.69) is 23.2 Å². The zero-order chi connectivity index (χ0) is 19.4. The molecule has 2 N–H and O–H groups in total. The average Bonchev–Trinajstić information content (AvgIpc) is 2.69. The van der Waals surface area contributed by atoms with E-state index in [1.54, 1.807) is 18.2 Å². The number of hydrogen-bond acceptors (Lipinski definition) is 3. The van der Waals surface area contributed by atoms with Gasteiger partial charge in [-0.1, -0.05) is 29.8 Å². The van der Waals surface area contributed by atoms with Crippen LogP contribution in [0.25, 0.3) is 0 Å². The lowest BCUT2D eigenvalue weighted by atomic mass is 10.1. The molecule has 2 aromatic carbocycles. The molecule has 6 heteroatoms. The normalized spacial score (nSPS) is 15.9. The molecule has 5 nitrogen and oxygen atoms in total. The molecular weight excluding hydrogens is 360 g/mol. The van der Waals surface area contributed by atoms with Gasteiger partial charge >= 0.3 is 0 Å². The van der Waals surface area contributed by atoms with Gasteiger partial charge in [-0.15, -0.1) is 0 Å². The Morgan fingerprint density at radius 2 is 1.96 bits per heavy atom. The lowest BCUT2D eigenvalue weighted by molar-refractivity contribution is -0.914. The zero-order valence-electron chi connectivity index (χ0n) is 15.6. The van der Waals surface area contributed by atoms with Crippen molar-refractivity contribution in [2.45, 2.75) is 19.9 Å². The molecule has 1 saturated heterocycles. The number of anilines is 2. The molecule has 140 valence electrons. The van der Waals surface area contributed by atoms with E-state index in [1.807, 2.05) is 31.2 Å². The van der Waals surface area contributed by atoms with Crippen molar-refractivity contribution in [3.8, 4) is 6.07 Å². The Morgan fingerprint density at radius 1 is 1.26 bits per heavy atom. The largest absolute Gasteiger partial charge is 0.360 e. The van der Waals surface area contributed by atoms with Crippen molar-refractivity contribution in [3.63, 3.8) is 0 Å². The molecule has 0 radical (unpaired) electrons. The van der Waals surface area contributed by atoms with Gasteiger partial charge in [-0.25, -0.2) is 0 Å². The highest BCUT2D eigenvalue weighted by Crippen LogP contribution is 2.24. The Labute approximate surface area is 165 Å². The topological polar surface area (TPSA) is 60.6 Å². The SMILES string of the molecule is Cc1ccc(Cl)cc1N1CC[NH+]([C@@H](C)C(=O)Nc2ccccc2C#N)CC1. The van der Waals surface area contributed by atoms with Crippen LogP contribution in [0, 0.1) is 18.3 Å². The maximum atomic E-state index is 12.7. The van der Waals surface area contributed by atoms with Gasteiger partial charge in [-0.2, -0.15) is 5.26 Å². The molecule has 2 aromatic rings. The molecule has 1 aliphatic rings. The summed E-state index contributed by atoms with van der Waals surface area (Å²) in [5, 5.41) is 12.8. The average molecular weight is 384 g/mol. The number of piperazine rings is 1. The quantitative estimate of drug-likeness (QED) is 0.851. The maximum absolute atomic E-state index is 12.7. The van der Waals surface area contributed by atoms with Gasteiger partial charge in [0.2, 0.25) is 0 Å². The molecule has 1 amide bonds. The molecule has 0 aliphatic carbocycles. The minimum Gasteiger partial charge on any atom is -0.360 e. The standard InChI is InChI=1S/C21H23ClN4O/c1-15-7-8-18(22)13-20(15)26-11-9-25(10-12-26)16(2)21(27)24-19-6-4-3-5-17(19)14-23/h3-8,13,16H,9-12H2,1-2H3,(H,24,27)/p+1/t16-/m0/s1. The number of halogens is 1. The van der Waals surface area contributed by atoms with Crippen LogP contribution in [0.1, 0.15) is 18.1 Å². The van der Waals surface area contributed by atoms with Crippen LogP contribution >= 0.6 is 11.6 Å². The smallest absolute Gasteiger partial charge is 0.282 e. The van der Waals surface area contributed by atoms with Crippen LogP contribution in [-0.2, 0) is 4.79 Å². The second kappa shape index (κ2) is 8.43. The minimum absolute atomic E-state index is 0.0555. The zero-order valence-corrected chi connectivity index (χ0v) is 16.4. The summed E-state index contributed by atoms with van der Waals surface area (Å²) in [4.78, 5) is 16.2. The Morgan fingerprint density at radius 3 is 2.67 bits per heavy atom. The van der Waals surface area contributed by atoms with Crippen LogP contribution in [0.5, 0.6) is 0 Å². The molecule has 1 heterocycles. The van der Waals surface area contributed by atoms with Crippen LogP contribution in [0.2, 0.25) is 5.02 Å². The number of carbonyl (C=O) groups is 1. The van der Waals surface area contributed by atoms with Crippen LogP contribution in [-0.4, -0.2) is 38.1 Å². The number of aryl methyl sites for hydroxylation is 1. The molecule has 0 spiro atoms. The lowest BCUT2D eigenvalue weighted by Gasteiger charge is -2.36. The van der Waals surface area contributed by atoms with Crippen molar-refractivity contribution in [1.29, 1.82) is 5.26 Å². The van der Waals surface area contributed by atoms with Crippen LogP contribution in [0.3, 0.4) is 0 Å². The van der Waals surface area contributed by atoms with Gasteiger partial charge in [0.15, 0.2) is 6.04 Å². The van der Waals surface area contributed by atoms with E-state index in [1.165, 1.54) is 16.2 Å². The molecule has 1 fully saturated rings. The number of amides is 1. The summed E-state index contributed by atoms with van der Waals surface area (Å²) in [6.07, 6.45) is 0. The van der Waals surface area contributed by atoms with Crippen molar-refractivity contribution in [3.05, 3.63) is 58.6 Å². The molecule has 0 saturated carbocycles. The van der Waals surface area contributed by atoms with E-state index >= 15 is 0 Å². The first-order valence-corrected chi connectivity index (χ1v) is 9.53. The summed E-state index contributed by atoms with van der Waals surface area (Å²) < 4.78 is 0. The molecule has 27 heavy (non-hydrogen) atoms. The van der Waals surface area contributed by atoms with Crippen molar-refractivity contribution in [1.82, 2.24) is 0 Å². The molecule has 0 bridgehead atoms. The molecule has 3 rings (SSSR count). The van der Waals surface area contributed by atoms with E-state index in [4.69, 9.17) is 11.6 Å². The monoisotopic (exact) mass is 383 g/mol. The number of nitrogens with zero attached hydrogens (tertiary/aromatic N) is 2. The van der Waals surface area contributed by atoms with Crippen molar-refractivity contribution in [2.75, 3.05) is 36.4 Å². The van der Waals surface area contributed by atoms with E-state index < -0.39 is 0 Å². The summed E-state index contributed by atoms with van der Waals surface area (Å²) in [6.45, 7) is 7.54. The molecule has 1 aliphatic heterocycles. The van der Waals surface area contributed by atoms with Crippen molar-refractivity contribution < 1.29 is 9.69 Å². The van der Waals surface area contributed by atoms with Crippen molar-refractivity contribution >= 4 is 28.9 Å². The predicted octanol–water partition coefficient (Wildman–Crippen LogP) is 2.25. The van der Waals surface area contributed by atoms with E-state index in [9.17, 15) is 10.1 Å². The van der Waals surface area contributed by atoms with Gasteiger partial charge in [0.05, 0.1) is 37.4 Å². The number of nitriles is 1. The number of hydrogen-bond donors (Lipinski definition) is 2. The highest BCUT2D eigenvalue weighted by molar-refractivity contribution is 6.30. The number of rotatable bonds is 4. The van der Waals surface area contributed by atoms with Crippen LogP contribution in [0.15, 0.2) is 42.5 Å². The first kappa shape index (κ1) is 19.2. The van der Waals surface area contributed by atoms with Gasteiger partial charge in [0.25, 0.3) is 5.91 Å². The second-order valence-corrected chi connectivity index (χ2v) is 7.38. The van der Waals surface area contributed by atoms with Crippen LogP contribution < -0.4 is 15.1 Å². The van der Waals surface area contributed by atoms with E-state index in [0.29, 0.717) is 11.3 Å². The molecule has 0 unspecified atom stereocenters. The Hall–Kier alpha value is -2.55. The second-order valence-electron chi connectivity index (χ2n) is 6.94. The third-order valence-electron chi connectivity index (χ3n) is 5.23. The Bertz CT molecular complexity index is 869. The summed E-state index contributed by atoms with van der Waals surface area (Å²) in [5.41, 5.74) is 3.43. The number of para-hydroxylation sites is 1. The number of nitrogens with one attached hydrogen (secondary N) is 2. The summed E-state index contributed by atoms with van der Waals surface area (Å²) in [6, 6.07) is 15.0. The lowest BCUT2D eigenvalue weighted by Crippen LogP contribution is -3.19. The summed E-state index contributed by atoms with van der Waals surface area (Å²) in [5.74, 6) is -0.0555. The van der Waals surface area contributed by atoms with Gasteiger partial charge in [0.1, 0.15) is 6.07 Å². The maximum Gasteiger partial charge on any atom is 0.282 e. The third-order valence-corrected chi connectivity index (χ3v) is 5.46.